The van der Waals surface area contributed by atoms with E-state index in [4.69, 9.17) is 9.84 Å². The molecule has 0 atom stereocenters. The number of aromatic hydroxyl groups is 1. The first-order chi connectivity index (χ1) is 10.1. The Morgan fingerprint density at radius 1 is 1.10 bits per heavy atom. The Bertz CT molecular complexity index is 657. The Balaban J connectivity index is 2.25. The van der Waals surface area contributed by atoms with Crippen molar-refractivity contribution in [2.45, 2.75) is 6.92 Å². The first kappa shape index (κ1) is 14.7. The van der Waals surface area contributed by atoms with E-state index in [1.165, 1.54) is 6.07 Å². The quantitative estimate of drug-likeness (QED) is 0.822. The van der Waals surface area contributed by atoms with Crippen molar-refractivity contribution >= 4 is 18.1 Å². The van der Waals surface area contributed by atoms with E-state index in [-0.39, 0.29) is 11.3 Å². The van der Waals surface area contributed by atoms with Gasteiger partial charge in [0.05, 0.1) is 6.61 Å². The minimum atomic E-state index is -1.01. The zero-order valence-corrected chi connectivity index (χ0v) is 11.6. The number of carbonyl (C=O) groups is 1. The van der Waals surface area contributed by atoms with Gasteiger partial charge in [-0.25, -0.2) is 4.79 Å². The molecule has 2 aromatic rings. The molecule has 108 valence electrons. The molecule has 0 aliphatic carbocycles. The van der Waals surface area contributed by atoms with Crippen molar-refractivity contribution in [2.75, 3.05) is 6.61 Å². The smallest absolute Gasteiger partial charge is 0.339 e. The molecule has 0 saturated carbocycles. The molecule has 0 aromatic heterocycles. The summed E-state index contributed by atoms with van der Waals surface area (Å²) < 4.78 is 5.36. The van der Waals surface area contributed by atoms with Crippen LogP contribution in [0.2, 0.25) is 0 Å². The number of hydrogen-bond acceptors (Lipinski definition) is 3. The van der Waals surface area contributed by atoms with Gasteiger partial charge in [0.25, 0.3) is 0 Å². The van der Waals surface area contributed by atoms with E-state index in [1.54, 1.807) is 36.4 Å². The second-order valence-corrected chi connectivity index (χ2v) is 4.42. The zero-order chi connectivity index (χ0) is 15.2. The van der Waals surface area contributed by atoms with Gasteiger partial charge in [0.15, 0.2) is 0 Å². The topological polar surface area (TPSA) is 66.8 Å². The van der Waals surface area contributed by atoms with Crippen LogP contribution in [0.15, 0.2) is 42.5 Å². The van der Waals surface area contributed by atoms with E-state index < -0.39 is 5.97 Å². The summed E-state index contributed by atoms with van der Waals surface area (Å²) in [5.41, 5.74) is 1.93. The molecule has 0 fully saturated rings. The summed E-state index contributed by atoms with van der Waals surface area (Å²) in [6.07, 6.45) is 3.74. The molecule has 0 unspecified atom stereocenters. The maximum atomic E-state index is 11.1. The lowest BCUT2D eigenvalue weighted by molar-refractivity contribution is 0.0692. The molecule has 0 aliphatic rings. The third kappa shape index (κ3) is 3.86. The number of phenolic OH excluding ortho intramolecular Hbond substituents is 1. The lowest BCUT2D eigenvalue weighted by atomic mass is 10.1. The average Bonchev–Trinajstić information content (AvgIpc) is 2.47. The highest BCUT2D eigenvalue weighted by atomic mass is 16.5. The van der Waals surface area contributed by atoms with Crippen molar-refractivity contribution in [1.29, 1.82) is 0 Å². The lowest BCUT2D eigenvalue weighted by Gasteiger charge is -2.07. The molecule has 0 radical (unpaired) electrons. The minimum Gasteiger partial charge on any atom is -0.508 e. The van der Waals surface area contributed by atoms with Crippen LogP contribution in [0.25, 0.3) is 12.2 Å². The van der Waals surface area contributed by atoms with Crippen molar-refractivity contribution in [3.63, 3.8) is 0 Å². The monoisotopic (exact) mass is 284 g/mol. The standard InChI is InChI=1S/C17H16O4/c1-2-21-16-11-13(7-10-15(16)17(19)20)4-3-12-5-8-14(18)9-6-12/h3-11,18H,2H2,1H3,(H,19,20). The largest absolute Gasteiger partial charge is 0.508 e. The van der Waals surface area contributed by atoms with E-state index in [0.29, 0.717) is 12.4 Å². The van der Waals surface area contributed by atoms with Crippen LogP contribution in [0.1, 0.15) is 28.4 Å². The number of phenols is 1. The Morgan fingerprint density at radius 3 is 2.33 bits per heavy atom. The Morgan fingerprint density at radius 2 is 1.71 bits per heavy atom. The lowest BCUT2D eigenvalue weighted by Crippen LogP contribution is -2.02. The van der Waals surface area contributed by atoms with Crippen LogP contribution in [-0.4, -0.2) is 22.8 Å². The number of carboxylic acid groups (broad SMARTS) is 1. The first-order valence-electron chi connectivity index (χ1n) is 6.57. The van der Waals surface area contributed by atoms with Gasteiger partial charge in [-0.3, -0.25) is 0 Å². The second-order valence-electron chi connectivity index (χ2n) is 4.42. The fourth-order valence-electron chi connectivity index (χ4n) is 1.87. The predicted molar refractivity (Wildman–Crippen MR) is 81.6 cm³/mol. The highest BCUT2D eigenvalue weighted by Crippen LogP contribution is 2.22. The summed E-state index contributed by atoms with van der Waals surface area (Å²) in [6, 6.07) is 11.8. The molecule has 21 heavy (non-hydrogen) atoms. The van der Waals surface area contributed by atoms with Gasteiger partial charge >= 0.3 is 5.97 Å². The van der Waals surface area contributed by atoms with Gasteiger partial charge in [-0.05, 0) is 42.3 Å². The molecule has 2 aromatic carbocycles. The number of hydrogen-bond donors (Lipinski definition) is 2. The molecular formula is C17H16O4. The molecule has 0 spiro atoms. The van der Waals surface area contributed by atoms with E-state index in [0.717, 1.165) is 11.1 Å². The summed E-state index contributed by atoms with van der Waals surface area (Å²) in [5, 5.41) is 18.3. The molecule has 4 nitrogen and oxygen atoms in total. The Kier molecular flexibility index (Phi) is 4.61. The van der Waals surface area contributed by atoms with Gasteiger partial charge in [-0.15, -0.1) is 0 Å². The number of ether oxygens (including phenoxy) is 1. The van der Waals surface area contributed by atoms with E-state index in [2.05, 4.69) is 0 Å². The minimum absolute atomic E-state index is 0.152. The van der Waals surface area contributed by atoms with Gasteiger partial charge in [-0.2, -0.15) is 0 Å². The number of aromatic carboxylic acids is 1. The average molecular weight is 284 g/mol. The van der Waals surface area contributed by atoms with Crippen LogP contribution < -0.4 is 4.74 Å². The number of benzene rings is 2. The van der Waals surface area contributed by atoms with Gasteiger partial charge in [0, 0.05) is 0 Å². The molecule has 0 aliphatic heterocycles. The normalized spacial score (nSPS) is 10.7. The van der Waals surface area contributed by atoms with Gasteiger partial charge in [0.1, 0.15) is 17.1 Å². The van der Waals surface area contributed by atoms with Crippen LogP contribution in [0.5, 0.6) is 11.5 Å². The summed E-state index contributed by atoms with van der Waals surface area (Å²) in [5.74, 6) is -0.429. The molecule has 0 heterocycles. The molecule has 2 rings (SSSR count). The van der Waals surface area contributed by atoms with Gasteiger partial charge < -0.3 is 14.9 Å². The molecule has 4 heteroatoms. The van der Waals surface area contributed by atoms with Crippen molar-refractivity contribution in [1.82, 2.24) is 0 Å². The van der Waals surface area contributed by atoms with Crippen molar-refractivity contribution in [3.8, 4) is 11.5 Å². The molecule has 2 N–H and O–H groups in total. The third-order valence-corrected chi connectivity index (χ3v) is 2.90. The Labute approximate surface area is 122 Å². The fraction of sp³-hybridized carbons (Fsp3) is 0.118. The molecule has 0 bridgehead atoms. The van der Waals surface area contributed by atoms with Crippen LogP contribution in [0, 0.1) is 0 Å². The van der Waals surface area contributed by atoms with Crippen molar-refractivity contribution in [2.24, 2.45) is 0 Å². The van der Waals surface area contributed by atoms with Gasteiger partial charge in [0.2, 0.25) is 0 Å². The summed E-state index contributed by atoms with van der Waals surface area (Å²) in [7, 11) is 0. The summed E-state index contributed by atoms with van der Waals surface area (Å²) >= 11 is 0. The highest BCUT2D eigenvalue weighted by molar-refractivity contribution is 5.91. The van der Waals surface area contributed by atoms with E-state index >= 15 is 0 Å². The fourth-order valence-corrected chi connectivity index (χ4v) is 1.87. The van der Waals surface area contributed by atoms with Gasteiger partial charge in [-0.1, -0.05) is 30.4 Å². The van der Waals surface area contributed by atoms with Crippen molar-refractivity contribution < 1.29 is 19.7 Å². The van der Waals surface area contributed by atoms with Crippen LogP contribution >= 0.6 is 0 Å². The zero-order valence-electron chi connectivity index (χ0n) is 11.6. The maximum Gasteiger partial charge on any atom is 0.339 e. The number of carboxylic acids is 1. The summed E-state index contributed by atoms with van der Waals surface area (Å²) in [4.78, 5) is 11.1. The SMILES string of the molecule is CCOc1cc(C=Cc2ccc(O)cc2)ccc1C(=O)O. The van der Waals surface area contributed by atoms with Crippen LogP contribution in [0.3, 0.4) is 0 Å². The second kappa shape index (κ2) is 6.61. The first-order valence-corrected chi connectivity index (χ1v) is 6.57. The summed E-state index contributed by atoms with van der Waals surface area (Å²) in [6.45, 7) is 2.22. The van der Waals surface area contributed by atoms with E-state index in [1.807, 2.05) is 19.1 Å². The Hall–Kier alpha value is -2.75. The predicted octanol–water partition coefficient (Wildman–Crippen LogP) is 3.66. The third-order valence-electron chi connectivity index (χ3n) is 2.90. The van der Waals surface area contributed by atoms with Crippen molar-refractivity contribution in [3.05, 3.63) is 59.2 Å². The molecular weight excluding hydrogens is 268 g/mol. The maximum absolute atomic E-state index is 11.1. The van der Waals surface area contributed by atoms with Crippen LogP contribution in [0.4, 0.5) is 0 Å². The van der Waals surface area contributed by atoms with E-state index in [9.17, 15) is 9.90 Å². The van der Waals surface area contributed by atoms with Crippen LogP contribution in [-0.2, 0) is 0 Å². The number of rotatable bonds is 5. The highest BCUT2D eigenvalue weighted by Gasteiger charge is 2.10. The molecule has 0 saturated heterocycles. The molecule has 0 amide bonds.